The van der Waals surface area contributed by atoms with Crippen LogP contribution in [0.4, 0.5) is 10.5 Å². The Balaban J connectivity index is 1.73. The van der Waals surface area contributed by atoms with Gasteiger partial charge in [0, 0.05) is 30.2 Å². The van der Waals surface area contributed by atoms with Crippen molar-refractivity contribution in [1.29, 1.82) is 0 Å². The van der Waals surface area contributed by atoms with E-state index in [0.717, 1.165) is 25.9 Å². The first kappa shape index (κ1) is 15.2. The van der Waals surface area contributed by atoms with Gasteiger partial charge in [0.25, 0.3) is 0 Å². The molecule has 0 radical (unpaired) electrons. The maximum Gasteiger partial charge on any atom is 0.410 e. The van der Waals surface area contributed by atoms with E-state index in [1.165, 1.54) is 11.3 Å². The molecule has 4 heteroatoms. The van der Waals surface area contributed by atoms with Gasteiger partial charge in [0.2, 0.25) is 0 Å². The van der Waals surface area contributed by atoms with Gasteiger partial charge in [-0.25, -0.2) is 4.79 Å². The van der Waals surface area contributed by atoms with Crippen LogP contribution < -0.4 is 5.32 Å². The summed E-state index contributed by atoms with van der Waals surface area (Å²) in [6, 6.07) is 8.98. The Morgan fingerprint density at radius 2 is 1.91 bits per heavy atom. The molecule has 4 nitrogen and oxygen atoms in total. The average Bonchev–Trinajstić information content (AvgIpc) is 2.71. The summed E-state index contributed by atoms with van der Waals surface area (Å²) in [7, 11) is 0. The first-order valence-corrected chi connectivity index (χ1v) is 8.16. The number of rotatable bonds is 0. The Morgan fingerprint density at radius 3 is 2.55 bits per heavy atom. The Kier molecular flexibility index (Phi) is 3.58. The Bertz CT molecular complexity index is 569. The highest BCUT2D eigenvalue weighted by Gasteiger charge is 2.47. The number of hydrogen-bond acceptors (Lipinski definition) is 3. The molecule has 120 valence electrons. The van der Waals surface area contributed by atoms with Crippen LogP contribution in [-0.2, 0) is 10.2 Å². The van der Waals surface area contributed by atoms with Crippen molar-refractivity contribution in [2.24, 2.45) is 0 Å². The highest BCUT2D eigenvalue weighted by Crippen LogP contribution is 2.47. The normalized spacial score (nSPS) is 23.1. The molecule has 2 aliphatic heterocycles. The summed E-state index contributed by atoms with van der Waals surface area (Å²) in [4.78, 5) is 14.1. The molecule has 2 heterocycles. The van der Waals surface area contributed by atoms with Crippen LogP contribution in [0.5, 0.6) is 0 Å². The molecule has 1 fully saturated rings. The zero-order chi connectivity index (χ0) is 16.0. The summed E-state index contributed by atoms with van der Waals surface area (Å²) in [5.74, 6) is 0. The van der Waals surface area contributed by atoms with Crippen LogP contribution in [0.2, 0.25) is 0 Å². The van der Waals surface area contributed by atoms with Crippen molar-refractivity contribution in [3.63, 3.8) is 0 Å². The van der Waals surface area contributed by atoms with Gasteiger partial charge in [-0.2, -0.15) is 0 Å². The molecule has 1 amide bonds. The molecule has 3 rings (SSSR count). The number of ether oxygens (including phenoxy) is 1. The van der Waals surface area contributed by atoms with E-state index < -0.39 is 5.60 Å². The molecule has 1 saturated heterocycles. The van der Waals surface area contributed by atoms with Gasteiger partial charge in [-0.1, -0.05) is 18.2 Å². The van der Waals surface area contributed by atoms with Crippen molar-refractivity contribution in [3.05, 3.63) is 29.8 Å². The zero-order valence-electron chi connectivity index (χ0n) is 14.0. The van der Waals surface area contributed by atoms with E-state index in [-0.39, 0.29) is 11.5 Å². The lowest BCUT2D eigenvalue weighted by molar-refractivity contribution is 0.0160. The third kappa shape index (κ3) is 2.55. The third-order valence-electron chi connectivity index (χ3n) is 4.97. The summed E-state index contributed by atoms with van der Waals surface area (Å²) in [6.45, 7) is 9.51. The van der Waals surface area contributed by atoms with Crippen molar-refractivity contribution in [1.82, 2.24) is 4.90 Å². The zero-order valence-corrected chi connectivity index (χ0v) is 14.0. The highest BCUT2D eigenvalue weighted by atomic mass is 16.6. The number of nitrogens with one attached hydrogen (secondary N) is 1. The topological polar surface area (TPSA) is 41.6 Å². The van der Waals surface area contributed by atoms with Crippen molar-refractivity contribution in [3.8, 4) is 0 Å². The second-order valence-electron chi connectivity index (χ2n) is 7.54. The van der Waals surface area contributed by atoms with E-state index in [1.807, 2.05) is 25.7 Å². The monoisotopic (exact) mass is 302 g/mol. The van der Waals surface area contributed by atoms with E-state index in [1.54, 1.807) is 0 Å². The quantitative estimate of drug-likeness (QED) is 0.793. The van der Waals surface area contributed by atoms with E-state index in [2.05, 4.69) is 36.5 Å². The highest BCUT2D eigenvalue weighted by molar-refractivity contribution is 5.69. The van der Waals surface area contributed by atoms with E-state index in [4.69, 9.17) is 4.74 Å². The molecule has 1 spiro atoms. The fourth-order valence-corrected chi connectivity index (χ4v) is 3.76. The molecule has 1 N–H and O–H groups in total. The number of nitrogens with zero attached hydrogens (tertiary/aromatic N) is 1. The van der Waals surface area contributed by atoms with Gasteiger partial charge in [-0.3, -0.25) is 0 Å². The molecule has 0 unspecified atom stereocenters. The van der Waals surface area contributed by atoms with Crippen LogP contribution in [0.1, 0.15) is 46.1 Å². The largest absolute Gasteiger partial charge is 0.444 e. The lowest BCUT2D eigenvalue weighted by Crippen LogP contribution is -2.50. The lowest BCUT2D eigenvalue weighted by Gasteiger charge is -2.42. The van der Waals surface area contributed by atoms with Crippen LogP contribution in [0.3, 0.4) is 0 Å². The van der Waals surface area contributed by atoms with Gasteiger partial charge in [0.15, 0.2) is 0 Å². The average molecular weight is 302 g/mol. The molecule has 1 aromatic rings. The molecule has 0 aromatic heterocycles. The van der Waals surface area contributed by atoms with Crippen LogP contribution in [-0.4, -0.2) is 35.7 Å². The SMILES string of the molecule is C[C@@H]1Nc2ccccc2C12CCN(C(=O)OC(C)(C)C)CC2. The number of fused-ring (bicyclic) bond motifs is 2. The molecule has 0 aliphatic carbocycles. The number of carbonyl (C=O) groups excluding carboxylic acids is 1. The van der Waals surface area contributed by atoms with Crippen LogP contribution in [0, 0.1) is 0 Å². The third-order valence-corrected chi connectivity index (χ3v) is 4.97. The number of benzene rings is 1. The smallest absolute Gasteiger partial charge is 0.410 e. The minimum Gasteiger partial charge on any atom is -0.444 e. The summed E-state index contributed by atoms with van der Waals surface area (Å²) in [6.07, 6.45) is 1.78. The van der Waals surface area contributed by atoms with E-state index in [9.17, 15) is 4.79 Å². The maximum atomic E-state index is 12.2. The Labute approximate surface area is 132 Å². The van der Waals surface area contributed by atoms with E-state index in [0.29, 0.717) is 6.04 Å². The molecule has 1 atom stereocenters. The van der Waals surface area contributed by atoms with Crippen molar-refractivity contribution >= 4 is 11.8 Å². The minimum atomic E-state index is -0.430. The van der Waals surface area contributed by atoms with Gasteiger partial charge < -0.3 is 15.0 Å². The molecule has 0 bridgehead atoms. The molecule has 22 heavy (non-hydrogen) atoms. The molecule has 1 aromatic carbocycles. The van der Waals surface area contributed by atoms with Gasteiger partial charge in [-0.05, 0) is 52.2 Å². The number of hydrogen-bond donors (Lipinski definition) is 1. The van der Waals surface area contributed by atoms with Crippen LogP contribution >= 0.6 is 0 Å². The molecule has 2 aliphatic rings. The number of likely N-dealkylation sites (tertiary alicyclic amines) is 1. The summed E-state index contributed by atoms with van der Waals surface area (Å²) in [5, 5.41) is 3.61. The fraction of sp³-hybridized carbons (Fsp3) is 0.611. The molecular formula is C18H26N2O2. The minimum absolute atomic E-state index is 0.148. The Morgan fingerprint density at radius 1 is 1.27 bits per heavy atom. The van der Waals surface area contributed by atoms with E-state index >= 15 is 0 Å². The van der Waals surface area contributed by atoms with Crippen LogP contribution in [0.15, 0.2) is 24.3 Å². The summed E-state index contributed by atoms with van der Waals surface area (Å²) in [5.41, 5.74) is 2.38. The van der Waals surface area contributed by atoms with Gasteiger partial charge in [0.1, 0.15) is 5.60 Å². The van der Waals surface area contributed by atoms with Crippen molar-refractivity contribution in [2.45, 2.75) is 57.6 Å². The van der Waals surface area contributed by atoms with Gasteiger partial charge >= 0.3 is 6.09 Å². The second kappa shape index (κ2) is 5.18. The van der Waals surface area contributed by atoms with Crippen LogP contribution in [0.25, 0.3) is 0 Å². The maximum absolute atomic E-state index is 12.2. The number of anilines is 1. The summed E-state index contributed by atoms with van der Waals surface area (Å²) >= 11 is 0. The number of carbonyl (C=O) groups is 1. The predicted octanol–water partition coefficient (Wildman–Crippen LogP) is 3.77. The Hall–Kier alpha value is -1.71. The van der Waals surface area contributed by atoms with Crippen molar-refractivity contribution < 1.29 is 9.53 Å². The number of para-hydroxylation sites is 1. The molecular weight excluding hydrogens is 276 g/mol. The first-order chi connectivity index (χ1) is 10.3. The second-order valence-corrected chi connectivity index (χ2v) is 7.54. The lowest BCUT2D eigenvalue weighted by atomic mass is 9.70. The fourth-order valence-electron chi connectivity index (χ4n) is 3.76. The standard InChI is InChI=1S/C18H26N2O2/c1-13-18(14-7-5-6-8-15(14)19-13)9-11-20(12-10-18)16(21)22-17(2,3)4/h5-8,13,19H,9-12H2,1-4H3/t13-/m0/s1. The number of amides is 1. The summed E-state index contributed by atoms with van der Waals surface area (Å²) < 4.78 is 5.50. The first-order valence-electron chi connectivity index (χ1n) is 8.16. The van der Waals surface area contributed by atoms with Crippen molar-refractivity contribution in [2.75, 3.05) is 18.4 Å². The molecule has 0 saturated carbocycles. The predicted molar refractivity (Wildman–Crippen MR) is 88.2 cm³/mol. The van der Waals surface area contributed by atoms with Gasteiger partial charge in [-0.15, -0.1) is 0 Å². The van der Waals surface area contributed by atoms with Gasteiger partial charge in [0.05, 0.1) is 0 Å². The number of piperidine rings is 1.